The molecule has 1 unspecified atom stereocenters. The molecule has 1 aliphatic rings. The molecule has 1 aromatic carbocycles. The number of benzene rings is 1. The fourth-order valence-corrected chi connectivity index (χ4v) is 2.23. The van der Waals surface area contributed by atoms with Crippen LogP contribution >= 0.6 is 11.8 Å². The normalized spacial score (nSPS) is 19.7. The van der Waals surface area contributed by atoms with E-state index in [1.807, 2.05) is 6.07 Å². The highest BCUT2D eigenvalue weighted by Gasteiger charge is 2.22. The maximum Gasteiger partial charge on any atom is 0.407 e. The highest BCUT2D eigenvalue weighted by molar-refractivity contribution is 7.99. The summed E-state index contributed by atoms with van der Waals surface area (Å²) in [5, 5.41) is 11.8. The van der Waals surface area contributed by atoms with E-state index in [2.05, 4.69) is 5.32 Å². The standard InChI is InChI=1S/C10H11NO3S/c12-7-2-1-3-9(4-7)15-6-8-5-11-10(13)14-8/h1-4,8,12H,5-6H2,(H,11,13). The molecule has 1 saturated heterocycles. The van der Waals surface area contributed by atoms with Crippen molar-refractivity contribution in [3.8, 4) is 5.75 Å². The van der Waals surface area contributed by atoms with Crippen molar-refractivity contribution in [2.75, 3.05) is 12.3 Å². The molecule has 0 aromatic heterocycles. The van der Waals surface area contributed by atoms with Gasteiger partial charge < -0.3 is 15.2 Å². The quantitative estimate of drug-likeness (QED) is 0.767. The zero-order chi connectivity index (χ0) is 10.7. The number of rotatable bonds is 3. The van der Waals surface area contributed by atoms with Crippen LogP contribution in [0.15, 0.2) is 29.2 Å². The molecule has 1 amide bonds. The van der Waals surface area contributed by atoms with E-state index < -0.39 is 0 Å². The van der Waals surface area contributed by atoms with Crippen LogP contribution in [0, 0.1) is 0 Å². The van der Waals surface area contributed by atoms with E-state index in [4.69, 9.17) is 4.74 Å². The van der Waals surface area contributed by atoms with Crippen LogP contribution in [-0.4, -0.2) is 29.6 Å². The Morgan fingerprint density at radius 1 is 1.60 bits per heavy atom. The fraction of sp³-hybridized carbons (Fsp3) is 0.300. The predicted octanol–water partition coefficient (Wildman–Crippen LogP) is 1.59. The summed E-state index contributed by atoms with van der Waals surface area (Å²) in [4.78, 5) is 11.7. The molecular weight excluding hydrogens is 214 g/mol. The van der Waals surface area contributed by atoms with Crippen LogP contribution in [0.4, 0.5) is 4.79 Å². The highest BCUT2D eigenvalue weighted by Crippen LogP contribution is 2.23. The van der Waals surface area contributed by atoms with Gasteiger partial charge in [-0.3, -0.25) is 0 Å². The van der Waals surface area contributed by atoms with Crippen molar-refractivity contribution in [1.82, 2.24) is 5.32 Å². The highest BCUT2D eigenvalue weighted by atomic mass is 32.2. The monoisotopic (exact) mass is 225 g/mol. The van der Waals surface area contributed by atoms with Crippen molar-refractivity contribution in [3.05, 3.63) is 24.3 Å². The van der Waals surface area contributed by atoms with Crippen LogP contribution in [0.1, 0.15) is 0 Å². The fourth-order valence-electron chi connectivity index (χ4n) is 1.29. The van der Waals surface area contributed by atoms with Gasteiger partial charge >= 0.3 is 6.09 Å². The van der Waals surface area contributed by atoms with Crippen LogP contribution in [0.5, 0.6) is 5.75 Å². The first kappa shape index (κ1) is 10.2. The third-order valence-electron chi connectivity index (χ3n) is 2.00. The molecule has 0 bridgehead atoms. The molecule has 1 fully saturated rings. The van der Waals surface area contributed by atoms with E-state index in [-0.39, 0.29) is 17.9 Å². The second-order valence-corrected chi connectivity index (χ2v) is 4.31. The first-order valence-electron chi connectivity index (χ1n) is 4.60. The molecular formula is C10H11NO3S. The second-order valence-electron chi connectivity index (χ2n) is 3.22. The number of phenolic OH excluding ortho intramolecular Hbond substituents is 1. The average molecular weight is 225 g/mol. The number of cyclic esters (lactones) is 1. The average Bonchev–Trinajstić information content (AvgIpc) is 2.62. The molecule has 0 spiro atoms. The van der Waals surface area contributed by atoms with Gasteiger partial charge in [-0.05, 0) is 18.2 Å². The van der Waals surface area contributed by atoms with E-state index in [1.165, 1.54) is 0 Å². The Morgan fingerprint density at radius 2 is 2.47 bits per heavy atom. The van der Waals surface area contributed by atoms with Crippen LogP contribution < -0.4 is 5.32 Å². The Kier molecular flexibility index (Phi) is 3.01. The number of amides is 1. The topological polar surface area (TPSA) is 58.6 Å². The summed E-state index contributed by atoms with van der Waals surface area (Å²) in [6, 6.07) is 7.02. The van der Waals surface area contributed by atoms with E-state index in [1.54, 1.807) is 30.0 Å². The maximum atomic E-state index is 10.7. The number of aromatic hydroxyl groups is 1. The summed E-state index contributed by atoms with van der Waals surface area (Å²) in [6.07, 6.45) is -0.429. The first-order chi connectivity index (χ1) is 7.24. The third kappa shape index (κ3) is 2.79. The summed E-state index contributed by atoms with van der Waals surface area (Å²) in [5.74, 6) is 0.948. The summed E-state index contributed by atoms with van der Waals surface area (Å²) in [5.41, 5.74) is 0. The molecule has 1 aliphatic heterocycles. The minimum atomic E-state index is -0.350. The van der Waals surface area contributed by atoms with Gasteiger partial charge in [-0.2, -0.15) is 0 Å². The van der Waals surface area contributed by atoms with Crippen LogP contribution in [0.3, 0.4) is 0 Å². The number of nitrogens with one attached hydrogen (secondary N) is 1. The Labute approximate surface area is 91.6 Å². The van der Waals surface area contributed by atoms with Crippen molar-refractivity contribution in [1.29, 1.82) is 0 Å². The lowest BCUT2D eigenvalue weighted by Gasteiger charge is -2.06. The molecule has 80 valence electrons. The van der Waals surface area contributed by atoms with Crippen molar-refractivity contribution in [2.24, 2.45) is 0 Å². The lowest BCUT2D eigenvalue weighted by Crippen LogP contribution is -2.16. The number of ether oxygens (including phenoxy) is 1. The van der Waals surface area contributed by atoms with Crippen molar-refractivity contribution >= 4 is 17.9 Å². The SMILES string of the molecule is O=C1NCC(CSc2cccc(O)c2)O1. The van der Waals surface area contributed by atoms with Crippen molar-refractivity contribution in [2.45, 2.75) is 11.0 Å². The zero-order valence-corrected chi connectivity index (χ0v) is 8.79. The molecule has 1 heterocycles. The third-order valence-corrected chi connectivity index (χ3v) is 3.13. The summed E-state index contributed by atoms with van der Waals surface area (Å²) in [7, 11) is 0. The smallest absolute Gasteiger partial charge is 0.407 e. The van der Waals surface area contributed by atoms with E-state index >= 15 is 0 Å². The molecule has 1 atom stereocenters. The molecule has 0 aliphatic carbocycles. The van der Waals surface area contributed by atoms with Gasteiger partial charge in [-0.1, -0.05) is 6.07 Å². The van der Waals surface area contributed by atoms with Crippen LogP contribution in [0.25, 0.3) is 0 Å². The number of thioether (sulfide) groups is 1. The van der Waals surface area contributed by atoms with Gasteiger partial charge in [-0.15, -0.1) is 11.8 Å². The molecule has 4 nitrogen and oxygen atoms in total. The number of phenols is 1. The Balaban J connectivity index is 1.85. The molecule has 15 heavy (non-hydrogen) atoms. The van der Waals surface area contributed by atoms with Gasteiger partial charge in [0.15, 0.2) is 0 Å². The summed E-state index contributed by atoms with van der Waals surface area (Å²) >= 11 is 1.56. The molecule has 2 N–H and O–H groups in total. The van der Waals surface area contributed by atoms with Gasteiger partial charge in [-0.25, -0.2) is 4.79 Å². The van der Waals surface area contributed by atoms with E-state index in [9.17, 15) is 9.90 Å². The number of carbonyl (C=O) groups excluding carboxylic acids is 1. The van der Waals surface area contributed by atoms with Gasteiger partial charge in [0, 0.05) is 10.6 Å². The lowest BCUT2D eigenvalue weighted by molar-refractivity contribution is 0.150. The Hall–Kier alpha value is -1.36. The molecule has 1 aromatic rings. The molecule has 0 saturated carbocycles. The number of alkyl carbamates (subject to hydrolysis) is 1. The van der Waals surface area contributed by atoms with Crippen LogP contribution in [0.2, 0.25) is 0 Å². The molecule has 5 heteroatoms. The van der Waals surface area contributed by atoms with Gasteiger partial charge in [0.05, 0.1) is 6.54 Å². The predicted molar refractivity (Wildman–Crippen MR) is 57.1 cm³/mol. The second kappa shape index (κ2) is 4.44. The first-order valence-corrected chi connectivity index (χ1v) is 5.59. The van der Waals surface area contributed by atoms with Gasteiger partial charge in [0.2, 0.25) is 0 Å². The number of hydrogen-bond acceptors (Lipinski definition) is 4. The number of carbonyl (C=O) groups is 1. The molecule has 2 rings (SSSR count). The van der Waals surface area contributed by atoms with Crippen molar-refractivity contribution < 1.29 is 14.6 Å². The minimum Gasteiger partial charge on any atom is -0.508 e. The lowest BCUT2D eigenvalue weighted by atomic mass is 10.3. The zero-order valence-electron chi connectivity index (χ0n) is 7.97. The van der Waals surface area contributed by atoms with Crippen molar-refractivity contribution in [3.63, 3.8) is 0 Å². The van der Waals surface area contributed by atoms with E-state index in [0.29, 0.717) is 12.3 Å². The van der Waals surface area contributed by atoms with Gasteiger partial charge in [0.25, 0.3) is 0 Å². The molecule has 0 radical (unpaired) electrons. The summed E-state index contributed by atoms with van der Waals surface area (Å²) < 4.78 is 4.98. The minimum absolute atomic E-state index is 0.0788. The Morgan fingerprint density at radius 3 is 3.13 bits per heavy atom. The van der Waals surface area contributed by atoms with Crippen LogP contribution in [-0.2, 0) is 4.74 Å². The Bertz CT molecular complexity index is 369. The van der Waals surface area contributed by atoms with Gasteiger partial charge in [0.1, 0.15) is 11.9 Å². The number of hydrogen-bond donors (Lipinski definition) is 2. The maximum absolute atomic E-state index is 10.7. The van der Waals surface area contributed by atoms with E-state index in [0.717, 1.165) is 4.90 Å². The largest absolute Gasteiger partial charge is 0.508 e. The summed E-state index contributed by atoms with van der Waals surface area (Å²) in [6.45, 7) is 0.560.